The monoisotopic (exact) mass is 230 g/mol. The zero-order valence-electron chi connectivity index (χ0n) is 10.2. The maximum Gasteiger partial charge on any atom is 0.305 e. The van der Waals surface area contributed by atoms with Crippen molar-refractivity contribution in [3.8, 4) is 0 Å². The summed E-state index contributed by atoms with van der Waals surface area (Å²) in [6.45, 7) is 5.56. The van der Waals surface area contributed by atoms with Crippen LogP contribution in [0.5, 0.6) is 0 Å². The van der Waals surface area contributed by atoms with Gasteiger partial charge in [-0.2, -0.15) is 0 Å². The van der Waals surface area contributed by atoms with E-state index < -0.39 is 5.97 Å². The van der Waals surface area contributed by atoms with Gasteiger partial charge in [-0.15, -0.1) is 0 Å². The van der Waals surface area contributed by atoms with Crippen molar-refractivity contribution in [2.24, 2.45) is 5.73 Å². The number of aliphatic carboxylic acids is 1. The van der Waals surface area contributed by atoms with E-state index in [2.05, 4.69) is 5.32 Å². The van der Waals surface area contributed by atoms with E-state index in [1.165, 1.54) is 0 Å². The van der Waals surface area contributed by atoms with Gasteiger partial charge in [0.15, 0.2) is 0 Å². The molecule has 0 rings (SSSR count). The second-order valence-electron chi connectivity index (χ2n) is 4.76. The lowest BCUT2D eigenvalue weighted by Crippen LogP contribution is -2.38. The molecule has 5 heteroatoms. The molecule has 1 unspecified atom stereocenters. The van der Waals surface area contributed by atoms with Gasteiger partial charge in [-0.3, -0.25) is 9.59 Å². The van der Waals surface area contributed by atoms with Crippen LogP contribution in [0.2, 0.25) is 0 Å². The number of carboxylic acid groups (broad SMARTS) is 1. The van der Waals surface area contributed by atoms with Gasteiger partial charge >= 0.3 is 5.97 Å². The minimum absolute atomic E-state index is 0.0335. The number of hydrogen-bond acceptors (Lipinski definition) is 3. The SMILES string of the molecule is CCC(CC(=O)O)NC(=O)CCC(C)(C)N. The Hall–Kier alpha value is -1.10. The summed E-state index contributed by atoms with van der Waals surface area (Å²) in [6, 6.07) is -0.286. The summed E-state index contributed by atoms with van der Waals surface area (Å²) in [5.74, 6) is -1.03. The molecular weight excluding hydrogens is 208 g/mol. The Bertz CT molecular complexity index is 246. The molecule has 0 fully saturated rings. The smallest absolute Gasteiger partial charge is 0.305 e. The summed E-state index contributed by atoms with van der Waals surface area (Å²) in [7, 11) is 0. The topological polar surface area (TPSA) is 92.4 Å². The lowest BCUT2D eigenvalue weighted by atomic mass is 9.99. The lowest BCUT2D eigenvalue weighted by molar-refractivity contribution is -0.137. The summed E-state index contributed by atoms with van der Waals surface area (Å²) in [4.78, 5) is 22.0. The number of nitrogens with two attached hydrogens (primary N) is 1. The predicted molar refractivity (Wildman–Crippen MR) is 62.0 cm³/mol. The van der Waals surface area contributed by atoms with E-state index in [0.717, 1.165) is 0 Å². The fourth-order valence-corrected chi connectivity index (χ4v) is 1.24. The van der Waals surface area contributed by atoms with E-state index in [0.29, 0.717) is 19.3 Å². The normalized spacial score (nSPS) is 13.2. The van der Waals surface area contributed by atoms with Crippen LogP contribution < -0.4 is 11.1 Å². The molecule has 16 heavy (non-hydrogen) atoms. The average Bonchev–Trinajstić information content (AvgIpc) is 2.12. The van der Waals surface area contributed by atoms with E-state index >= 15 is 0 Å². The third-order valence-corrected chi connectivity index (χ3v) is 2.28. The number of carboxylic acids is 1. The minimum atomic E-state index is -0.897. The molecule has 0 aliphatic heterocycles. The van der Waals surface area contributed by atoms with E-state index in [-0.39, 0.29) is 23.9 Å². The van der Waals surface area contributed by atoms with Gasteiger partial charge < -0.3 is 16.2 Å². The molecule has 0 aromatic carbocycles. The van der Waals surface area contributed by atoms with Gasteiger partial charge in [0.05, 0.1) is 6.42 Å². The first-order valence-electron chi connectivity index (χ1n) is 5.54. The number of hydrogen-bond donors (Lipinski definition) is 3. The van der Waals surface area contributed by atoms with Crippen molar-refractivity contribution >= 4 is 11.9 Å². The van der Waals surface area contributed by atoms with E-state index in [9.17, 15) is 9.59 Å². The van der Waals surface area contributed by atoms with Gasteiger partial charge in [-0.25, -0.2) is 0 Å². The van der Waals surface area contributed by atoms with Crippen molar-refractivity contribution in [1.29, 1.82) is 0 Å². The molecule has 0 saturated heterocycles. The van der Waals surface area contributed by atoms with E-state index in [1.807, 2.05) is 20.8 Å². The molecule has 0 aromatic heterocycles. The third kappa shape index (κ3) is 8.23. The van der Waals surface area contributed by atoms with Crippen LogP contribution in [0.15, 0.2) is 0 Å². The molecule has 0 bridgehead atoms. The molecular formula is C11H22N2O3. The number of rotatable bonds is 7. The van der Waals surface area contributed by atoms with Gasteiger partial charge in [-0.1, -0.05) is 6.92 Å². The number of carbonyl (C=O) groups excluding carboxylic acids is 1. The van der Waals surface area contributed by atoms with Gasteiger partial charge in [0.25, 0.3) is 0 Å². The zero-order chi connectivity index (χ0) is 12.8. The van der Waals surface area contributed by atoms with Crippen molar-refractivity contribution in [3.63, 3.8) is 0 Å². The standard InChI is InChI=1S/C11H22N2O3/c1-4-8(7-10(15)16)13-9(14)5-6-11(2,3)12/h8H,4-7,12H2,1-3H3,(H,13,14)(H,15,16). The van der Waals surface area contributed by atoms with Gasteiger partial charge in [-0.05, 0) is 26.7 Å². The van der Waals surface area contributed by atoms with Crippen LogP contribution in [-0.2, 0) is 9.59 Å². The summed E-state index contributed by atoms with van der Waals surface area (Å²) < 4.78 is 0. The maximum absolute atomic E-state index is 11.5. The molecule has 4 N–H and O–H groups in total. The van der Waals surface area contributed by atoms with Crippen LogP contribution in [-0.4, -0.2) is 28.6 Å². The van der Waals surface area contributed by atoms with Crippen LogP contribution in [0.1, 0.15) is 46.5 Å². The van der Waals surface area contributed by atoms with Gasteiger partial charge in [0.1, 0.15) is 0 Å². The Morgan fingerprint density at radius 1 is 1.44 bits per heavy atom. The Balaban J connectivity index is 3.97. The highest BCUT2D eigenvalue weighted by atomic mass is 16.4. The Morgan fingerprint density at radius 3 is 2.38 bits per heavy atom. The van der Waals surface area contributed by atoms with Crippen molar-refractivity contribution < 1.29 is 14.7 Å². The third-order valence-electron chi connectivity index (χ3n) is 2.28. The fraction of sp³-hybridized carbons (Fsp3) is 0.818. The second-order valence-corrected chi connectivity index (χ2v) is 4.76. The molecule has 0 radical (unpaired) electrons. The molecule has 0 saturated carbocycles. The highest BCUT2D eigenvalue weighted by Crippen LogP contribution is 2.07. The molecule has 0 heterocycles. The zero-order valence-corrected chi connectivity index (χ0v) is 10.2. The fourth-order valence-electron chi connectivity index (χ4n) is 1.24. The molecule has 1 amide bonds. The number of nitrogens with one attached hydrogen (secondary N) is 1. The average molecular weight is 230 g/mol. The summed E-state index contributed by atoms with van der Waals surface area (Å²) >= 11 is 0. The Kier molecular flexibility index (Phi) is 6.03. The maximum atomic E-state index is 11.5. The largest absolute Gasteiger partial charge is 0.481 e. The first kappa shape index (κ1) is 14.9. The van der Waals surface area contributed by atoms with Crippen LogP contribution in [0.25, 0.3) is 0 Å². The highest BCUT2D eigenvalue weighted by molar-refractivity contribution is 5.77. The molecule has 0 spiro atoms. The van der Waals surface area contributed by atoms with Crippen molar-refractivity contribution in [2.75, 3.05) is 0 Å². The van der Waals surface area contributed by atoms with E-state index in [4.69, 9.17) is 10.8 Å². The lowest BCUT2D eigenvalue weighted by Gasteiger charge is -2.19. The first-order chi connectivity index (χ1) is 7.24. The summed E-state index contributed by atoms with van der Waals surface area (Å²) in [5.41, 5.74) is 5.38. The summed E-state index contributed by atoms with van der Waals surface area (Å²) in [5, 5.41) is 11.3. The molecule has 5 nitrogen and oxygen atoms in total. The van der Waals surface area contributed by atoms with Crippen molar-refractivity contribution in [1.82, 2.24) is 5.32 Å². The van der Waals surface area contributed by atoms with Crippen LogP contribution >= 0.6 is 0 Å². The number of carbonyl (C=O) groups is 2. The quantitative estimate of drug-likeness (QED) is 0.605. The van der Waals surface area contributed by atoms with Crippen LogP contribution in [0, 0.1) is 0 Å². The molecule has 0 aliphatic carbocycles. The first-order valence-corrected chi connectivity index (χ1v) is 5.54. The highest BCUT2D eigenvalue weighted by Gasteiger charge is 2.16. The molecule has 1 atom stereocenters. The molecule has 0 aromatic rings. The Labute approximate surface area is 96.4 Å². The van der Waals surface area contributed by atoms with Crippen molar-refractivity contribution in [3.05, 3.63) is 0 Å². The van der Waals surface area contributed by atoms with E-state index in [1.54, 1.807) is 0 Å². The molecule has 0 aliphatic rings. The minimum Gasteiger partial charge on any atom is -0.481 e. The Morgan fingerprint density at radius 2 is 2.00 bits per heavy atom. The van der Waals surface area contributed by atoms with Gasteiger partial charge in [0.2, 0.25) is 5.91 Å². The van der Waals surface area contributed by atoms with Crippen molar-refractivity contribution in [2.45, 2.75) is 58.0 Å². The molecule has 94 valence electrons. The van der Waals surface area contributed by atoms with Crippen LogP contribution in [0.4, 0.5) is 0 Å². The predicted octanol–water partition coefficient (Wildman–Crippen LogP) is 0.873. The number of amides is 1. The van der Waals surface area contributed by atoms with Gasteiger partial charge in [0, 0.05) is 18.0 Å². The second kappa shape index (κ2) is 6.48. The van der Waals surface area contributed by atoms with Crippen LogP contribution in [0.3, 0.4) is 0 Å². The summed E-state index contributed by atoms with van der Waals surface area (Å²) in [6.07, 6.45) is 1.50.